The van der Waals surface area contributed by atoms with E-state index < -0.39 is 5.60 Å². The molecule has 0 bridgehead atoms. The molecule has 0 aromatic carbocycles. The Hall–Kier alpha value is -0.0700. The molecule has 0 saturated carbocycles. The van der Waals surface area contributed by atoms with Crippen molar-refractivity contribution in [3.63, 3.8) is 0 Å². The van der Waals surface area contributed by atoms with Crippen molar-refractivity contribution in [2.75, 3.05) is 36.9 Å². The molecule has 0 aromatic heterocycles. The van der Waals surface area contributed by atoms with Crippen LogP contribution in [0.3, 0.4) is 0 Å². The smallest absolute Gasteiger partial charge is 0.191 e. The number of aliphatic hydroxyl groups is 1. The monoisotopic (exact) mass is 303 g/mol. The van der Waals surface area contributed by atoms with Crippen molar-refractivity contribution < 1.29 is 5.11 Å². The van der Waals surface area contributed by atoms with Crippen molar-refractivity contribution >= 4 is 29.5 Å². The van der Waals surface area contributed by atoms with Crippen molar-refractivity contribution in [2.24, 2.45) is 4.99 Å². The third-order valence-corrected chi connectivity index (χ3v) is 6.11. The van der Waals surface area contributed by atoms with Gasteiger partial charge in [0.15, 0.2) is 5.96 Å². The maximum atomic E-state index is 10.3. The minimum atomic E-state index is -0.588. The number of rotatable bonds is 5. The zero-order chi connectivity index (χ0) is 13.6. The van der Waals surface area contributed by atoms with Crippen LogP contribution in [0.2, 0.25) is 0 Å². The first-order valence-electron chi connectivity index (χ1n) is 7.16. The number of hydrogen-bond donors (Lipinski definition) is 3. The maximum absolute atomic E-state index is 10.3. The second kappa shape index (κ2) is 7.64. The fourth-order valence-electron chi connectivity index (χ4n) is 2.30. The Balaban J connectivity index is 1.79. The zero-order valence-electron chi connectivity index (χ0n) is 11.7. The predicted octanol–water partition coefficient (Wildman–Crippen LogP) is 1.31. The van der Waals surface area contributed by atoms with E-state index in [1.54, 1.807) is 0 Å². The fraction of sp³-hybridized carbons (Fsp3) is 0.923. The quantitative estimate of drug-likeness (QED) is 0.528. The SMILES string of the molecule is CCNC(=NCC1(O)CCSC1)NCC1CCCS1. The van der Waals surface area contributed by atoms with Crippen molar-refractivity contribution in [2.45, 2.75) is 37.0 Å². The van der Waals surface area contributed by atoms with Gasteiger partial charge >= 0.3 is 0 Å². The highest BCUT2D eigenvalue weighted by Gasteiger charge is 2.31. The summed E-state index contributed by atoms with van der Waals surface area (Å²) in [6.45, 7) is 4.41. The second-order valence-electron chi connectivity index (χ2n) is 5.24. The Morgan fingerprint density at radius 2 is 2.32 bits per heavy atom. The van der Waals surface area contributed by atoms with E-state index in [9.17, 15) is 5.11 Å². The highest BCUT2D eigenvalue weighted by atomic mass is 32.2. The van der Waals surface area contributed by atoms with Gasteiger partial charge in [0.05, 0.1) is 12.1 Å². The Morgan fingerprint density at radius 3 is 2.95 bits per heavy atom. The lowest BCUT2D eigenvalue weighted by atomic mass is 10.1. The number of thioether (sulfide) groups is 2. The van der Waals surface area contributed by atoms with Crippen molar-refractivity contribution in [1.82, 2.24) is 10.6 Å². The number of aliphatic imine (C=N–C) groups is 1. The van der Waals surface area contributed by atoms with Crippen molar-refractivity contribution in [3.05, 3.63) is 0 Å². The van der Waals surface area contributed by atoms with Gasteiger partial charge in [0.1, 0.15) is 0 Å². The van der Waals surface area contributed by atoms with Crippen LogP contribution in [0, 0.1) is 0 Å². The maximum Gasteiger partial charge on any atom is 0.191 e. The van der Waals surface area contributed by atoms with Crippen LogP contribution in [0.15, 0.2) is 4.99 Å². The molecule has 4 nitrogen and oxygen atoms in total. The molecule has 2 fully saturated rings. The zero-order valence-corrected chi connectivity index (χ0v) is 13.3. The summed E-state index contributed by atoms with van der Waals surface area (Å²) < 4.78 is 0. The van der Waals surface area contributed by atoms with Crippen LogP contribution in [0.25, 0.3) is 0 Å². The molecule has 2 unspecified atom stereocenters. The van der Waals surface area contributed by atoms with Crippen LogP contribution >= 0.6 is 23.5 Å². The lowest BCUT2D eigenvalue weighted by molar-refractivity contribution is 0.0778. The molecule has 0 amide bonds. The van der Waals surface area contributed by atoms with Crippen LogP contribution in [0.5, 0.6) is 0 Å². The largest absolute Gasteiger partial charge is 0.387 e. The van der Waals surface area contributed by atoms with Gasteiger partial charge in [-0.3, -0.25) is 4.99 Å². The topological polar surface area (TPSA) is 56.7 Å². The van der Waals surface area contributed by atoms with E-state index in [4.69, 9.17) is 0 Å². The lowest BCUT2D eigenvalue weighted by Crippen LogP contribution is -2.42. The van der Waals surface area contributed by atoms with Gasteiger partial charge in [-0.05, 0) is 37.7 Å². The van der Waals surface area contributed by atoms with Crippen LogP contribution in [-0.2, 0) is 0 Å². The predicted molar refractivity (Wildman–Crippen MR) is 86.4 cm³/mol. The first-order chi connectivity index (χ1) is 9.22. The molecule has 0 radical (unpaired) electrons. The lowest BCUT2D eigenvalue weighted by Gasteiger charge is -2.20. The molecule has 2 rings (SSSR count). The Labute approximate surface area is 124 Å². The van der Waals surface area contributed by atoms with E-state index in [0.717, 1.165) is 37.0 Å². The van der Waals surface area contributed by atoms with Gasteiger partial charge in [0.25, 0.3) is 0 Å². The summed E-state index contributed by atoms with van der Waals surface area (Å²) in [5.74, 6) is 4.00. The molecule has 3 N–H and O–H groups in total. The molecule has 110 valence electrons. The molecule has 2 heterocycles. The van der Waals surface area contributed by atoms with Gasteiger partial charge in [-0.15, -0.1) is 0 Å². The van der Waals surface area contributed by atoms with Gasteiger partial charge in [0, 0.05) is 24.1 Å². The summed E-state index contributed by atoms with van der Waals surface area (Å²) in [4.78, 5) is 4.55. The number of nitrogens with zero attached hydrogens (tertiary/aromatic N) is 1. The van der Waals surface area contributed by atoms with Crippen LogP contribution < -0.4 is 10.6 Å². The average molecular weight is 303 g/mol. The molecule has 19 heavy (non-hydrogen) atoms. The molecular weight excluding hydrogens is 278 g/mol. The molecular formula is C13H25N3OS2. The number of guanidine groups is 1. The van der Waals surface area contributed by atoms with Crippen LogP contribution in [0.1, 0.15) is 26.2 Å². The summed E-state index contributed by atoms with van der Waals surface area (Å²) in [6.07, 6.45) is 3.50. The minimum Gasteiger partial charge on any atom is -0.387 e. The van der Waals surface area contributed by atoms with E-state index >= 15 is 0 Å². The van der Waals surface area contributed by atoms with E-state index in [2.05, 4.69) is 22.5 Å². The molecule has 2 aliphatic heterocycles. The Morgan fingerprint density at radius 1 is 1.42 bits per heavy atom. The summed E-state index contributed by atoms with van der Waals surface area (Å²) >= 11 is 3.86. The third-order valence-electron chi connectivity index (χ3n) is 3.48. The van der Waals surface area contributed by atoms with E-state index in [1.165, 1.54) is 18.6 Å². The summed E-state index contributed by atoms with van der Waals surface area (Å²) in [5, 5.41) is 17.7. The van der Waals surface area contributed by atoms with Gasteiger partial charge in [-0.2, -0.15) is 23.5 Å². The Bertz CT molecular complexity index is 300. The van der Waals surface area contributed by atoms with E-state index in [1.807, 2.05) is 23.5 Å². The first kappa shape index (κ1) is 15.3. The summed E-state index contributed by atoms with van der Waals surface area (Å²) in [7, 11) is 0. The van der Waals surface area contributed by atoms with E-state index in [0.29, 0.717) is 11.8 Å². The molecule has 6 heteroatoms. The molecule has 2 aliphatic rings. The third kappa shape index (κ3) is 5.08. The highest BCUT2D eigenvalue weighted by molar-refractivity contribution is 8.00. The Kier molecular flexibility index (Phi) is 6.16. The van der Waals surface area contributed by atoms with Crippen LogP contribution in [0.4, 0.5) is 0 Å². The molecule has 0 aromatic rings. The van der Waals surface area contributed by atoms with Gasteiger partial charge in [-0.25, -0.2) is 0 Å². The summed E-state index contributed by atoms with van der Waals surface area (Å²) in [5.41, 5.74) is -0.588. The van der Waals surface area contributed by atoms with Crippen molar-refractivity contribution in [3.8, 4) is 0 Å². The second-order valence-corrected chi connectivity index (χ2v) is 7.75. The molecule has 2 atom stereocenters. The summed E-state index contributed by atoms with van der Waals surface area (Å²) in [6, 6.07) is 0. The van der Waals surface area contributed by atoms with Gasteiger partial charge in [-0.1, -0.05) is 0 Å². The molecule has 2 saturated heterocycles. The van der Waals surface area contributed by atoms with Crippen LogP contribution in [-0.4, -0.2) is 58.8 Å². The fourth-order valence-corrected chi connectivity index (χ4v) is 4.79. The molecule has 0 aliphatic carbocycles. The van der Waals surface area contributed by atoms with Crippen molar-refractivity contribution in [1.29, 1.82) is 0 Å². The first-order valence-corrected chi connectivity index (χ1v) is 9.36. The molecule has 0 spiro atoms. The number of nitrogens with one attached hydrogen (secondary N) is 2. The average Bonchev–Trinajstić information content (AvgIpc) is 3.05. The number of hydrogen-bond acceptors (Lipinski definition) is 4. The highest BCUT2D eigenvalue weighted by Crippen LogP contribution is 2.28. The standard InChI is InChI=1S/C13H25N3OS2/c1-2-14-12(15-8-11-4-3-6-19-11)16-9-13(17)5-7-18-10-13/h11,17H,2-10H2,1H3,(H2,14,15,16). The van der Waals surface area contributed by atoms with Gasteiger partial charge in [0.2, 0.25) is 0 Å². The van der Waals surface area contributed by atoms with E-state index in [-0.39, 0.29) is 0 Å². The normalized spacial score (nSPS) is 31.7. The minimum absolute atomic E-state index is 0.507. The van der Waals surface area contributed by atoms with Gasteiger partial charge < -0.3 is 15.7 Å².